The zero-order valence-corrected chi connectivity index (χ0v) is 23.5. The summed E-state index contributed by atoms with van der Waals surface area (Å²) in [4.78, 5) is 50.7. The van der Waals surface area contributed by atoms with Crippen molar-refractivity contribution in [1.29, 1.82) is 0 Å². The third-order valence-electron chi connectivity index (χ3n) is 6.72. The molecule has 10 heteroatoms. The topological polar surface area (TPSA) is 92.3 Å². The van der Waals surface area contributed by atoms with Crippen molar-refractivity contribution in [2.45, 2.75) is 39.3 Å². The number of hydrogen-bond donors (Lipinski definition) is 1. The van der Waals surface area contributed by atoms with Crippen molar-refractivity contribution in [3.05, 3.63) is 109 Å². The van der Waals surface area contributed by atoms with Crippen LogP contribution in [0.3, 0.4) is 0 Å². The molecule has 198 valence electrons. The molecule has 39 heavy (non-hydrogen) atoms. The van der Waals surface area contributed by atoms with E-state index < -0.39 is 11.9 Å². The lowest BCUT2D eigenvalue weighted by atomic mass is 10.0. The molecule has 1 atom stereocenters. The van der Waals surface area contributed by atoms with Crippen LogP contribution in [0.2, 0.25) is 9.36 Å². The number of carbonyl (C=O) groups excluding carboxylic acids is 3. The first-order chi connectivity index (χ1) is 18.7. The third-order valence-corrected chi connectivity index (χ3v) is 8.33. The molecule has 0 fully saturated rings. The number of amides is 2. The Kier molecular flexibility index (Phi) is 7.79. The van der Waals surface area contributed by atoms with Gasteiger partial charge in [-0.25, -0.2) is 4.98 Å². The Morgan fingerprint density at radius 1 is 1.08 bits per heavy atom. The van der Waals surface area contributed by atoms with Gasteiger partial charge in [-0.15, -0.1) is 11.3 Å². The fourth-order valence-electron chi connectivity index (χ4n) is 4.50. The summed E-state index contributed by atoms with van der Waals surface area (Å²) in [5.41, 5.74) is 4.33. The number of halogens is 2. The molecule has 3 aromatic heterocycles. The summed E-state index contributed by atoms with van der Waals surface area (Å²) in [6, 6.07) is 13.2. The van der Waals surface area contributed by atoms with Crippen molar-refractivity contribution < 1.29 is 14.4 Å². The van der Waals surface area contributed by atoms with E-state index in [1.165, 1.54) is 11.3 Å². The van der Waals surface area contributed by atoms with Gasteiger partial charge in [0.25, 0.3) is 11.8 Å². The number of benzene rings is 1. The average molecular weight is 580 g/mol. The standard InChI is InChI=1S/C29H24Cl2N4O3S/c1-16-9-26(33-14-17(16)2)34-28(37)21-7-6-18(10-22(21)30)15-35-23(13-20-5-3-4-8-32-20)24(36)11-19-12-25(31)39-27(19)29(35)38/h3-10,12,14,23H,11,13,15H2,1-2H3,(H,33,34,37). The number of carbonyl (C=O) groups is 3. The number of nitrogens with one attached hydrogen (secondary N) is 1. The van der Waals surface area contributed by atoms with Gasteiger partial charge in [-0.2, -0.15) is 0 Å². The van der Waals surface area contributed by atoms with Crippen molar-refractivity contribution in [1.82, 2.24) is 14.9 Å². The fraction of sp³-hybridized carbons (Fsp3) is 0.207. The molecule has 1 aliphatic rings. The highest BCUT2D eigenvalue weighted by molar-refractivity contribution is 7.18. The highest BCUT2D eigenvalue weighted by Crippen LogP contribution is 2.33. The molecule has 1 N–H and O–H groups in total. The molecule has 2 amide bonds. The highest BCUT2D eigenvalue weighted by atomic mass is 35.5. The number of thiophene rings is 1. The van der Waals surface area contributed by atoms with E-state index >= 15 is 0 Å². The number of Topliss-reactive ketones (excluding diaryl/α,β-unsaturated/α-hetero) is 1. The summed E-state index contributed by atoms with van der Waals surface area (Å²) >= 11 is 13.9. The minimum Gasteiger partial charge on any atom is -0.323 e. The van der Waals surface area contributed by atoms with Crippen molar-refractivity contribution >= 4 is 58.0 Å². The summed E-state index contributed by atoms with van der Waals surface area (Å²) in [6.45, 7) is 4.01. The van der Waals surface area contributed by atoms with Crippen molar-refractivity contribution in [3.63, 3.8) is 0 Å². The molecule has 7 nitrogen and oxygen atoms in total. The van der Waals surface area contributed by atoms with E-state index in [-0.39, 0.29) is 41.7 Å². The Hall–Kier alpha value is -3.59. The lowest BCUT2D eigenvalue weighted by Crippen LogP contribution is -2.44. The maximum absolute atomic E-state index is 13.7. The number of aromatic nitrogens is 2. The Bertz CT molecular complexity index is 1590. The van der Waals surface area contributed by atoms with Crippen LogP contribution in [0.25, 0.3) is 0 Å². The molecular formula is C29H24Cl2N4O3S. The van der Waals surface area contributed by atoms with Crippen LogP contribution in [0.5, 0.6) is 0 Å². The number of aryl methyl sites for hydroxylation is 2. The van der Waals surface area contributed by atoms with Gasteiger partial charge in [0.1, 0.15) is 5.82 Å². The Morgan fingerprint density at radius 3 is 2.62 bits per heavy atom. The summed E-state index contributed by atoms with van der Waals surface area (Å²) in [7, 11) is 0. The van der Waals surface area contributed by atoms with Crippen molar-refractivity contribution in [2.75, 3.05) is 5.32 Å². The van der Waals surface area contributed by atoms with Crippen LogP contribution in [-0.4, -0.2) is 38.5 Å². The van der Waals surface area contributed by atoms with E-state index in [0.717, 1.165) is 11.1 Å². The van der Waals surface area contributed by atoms with Crippen LogP contribution >= 0.6 is 34.5 Å². The van der Waals surface area contributed by atoms with Crippen LogP contribution in [0.4, 0.5) is 5.82 Å². The van der Waals surface area contributed by atoms with Gasteiger partial charge < -0.3 is 10.2 Å². The van der Waals surface area contributed by atoms with Crippen LogP contribution in [-0.2, 0) is 24.2 Å². The zero-order valence-electron chi connectivity index (χ0n) is 21.2. The van der Waals surface area contributed by atoms with E-state index in [1.807, 2.05) is 26.0 Å². The maximum atomic E-state index is 13.7. The number of ketones is 1. The number of fused-ring (bicyclic) bond motifs is 1. The zero-order chi connectivity index (χ0) is 27.7. The molecule has 0 radical (unpaired) electrons. The second kappa shape index (κ2) is 11.3. The van der Waals surface area contributed by atoms with Gasteiger partial charge in [0.15, 0.2) is 5.78 Å². The van der Waals surface area contributed by atoms with Gasteiger partial charge in [0.2, 0.25) is 0 Å². The average Bonchev–Trinajstić information content (AvgIpc) is 3.24. The second-order valence-corrected chi connectivity index (χ2v) is 11.5. The number of rotatable bonds is 6. The predicted octanol–water partition coefficient (Wildman–Crippen LogP) is 6.09. The van der Waals surface area contributed by atoms with Crippen LogP contribution in [0.1, 0.15) is 48.0 Å². The minimum absolute atomic E-state index is 0.0924. The quantitative estimate of drug-likeness (QED) is 0.298. The first-order valence-corrected chi connectivity index (χ1v) is 13.8. The summed E-state index contributed by atoms with van der Waals surface area (Å²) in [5.74, 6) is -0.327. The summed E-state index contributed by atoms with van der Waals surface area (Å²) in [6.07, 6.45) is 3.76. The third kappa shape index (κ3) is 5.88. The molecule has 4 heterocycles. The number of hydrogen-bond acceptors (Lipinski definition) is 6. The number of nitrogens with zero attached hydrogens (tertiary/aromatic N) is 3. The second-order valence-electron chi connectivity index (χ2n) is 9.44. The Labute approximate surface area is 239 Å². The fourth-order valence-corrected chi connectivity index (χ4v) is 6.01. The maximum Gasteiger partial charge on any atom is 0.265 e. The van der Waals surface area contributed by atoms with E-state index in [1.54, 1.807) is 53.7 Å². The van der Waals surface area contributed by atoms with Gasteiger partial charge in [-0.1, -0.05) is 35.3 Å². The molecule has 0 saturated heterocycles. The molecule has 0 aliphatic carbocycles. The smallest absolute Gasteiger partial charge is 0.265 e. The normalized spacial score (nSPS) is 15.2. The van der Waals surface area contributed by atoms with Gasteiger partial charge in [0.05, 0.1) is 25.8 Å². The van der Waals surface area contributed by atoms with Gasteiger partial charge in [0, 0.05) is 37.5 Å². The SMILES string of the molecule is Cc1cnc(NC(=O)c2ccc(CN3C(=O)c4sc(Cl)cc4CC(=O)C3Cc3ccccn3)cc2Cl)cc1C. The Morgan fingerprint density at radius 2 is 1.90 bits per heavy atom. The first-order valence-electron chi connectivity index (χ1n) is 12.2. The van der Waals surface area contributed by atoms with Crippen LogP contribution in [0, 0.1) is 13.8 Å². The van der Waals surface area contributed by atoms with Gasteiger partial charge >= 0.3 is 0 Å². The molecule has 5 rings (SSSR count). The first kappa shape index (κ1) is 27.0. The molecule has 0 spiro atoms. The largest absolute Gasteiger partial charge is 0.323 e. The molecule has 1 aromatic carbocycles. The molecule has 4 aromatic rings. The van der Waals surface area contributed by atoms with E-state index in [2.05, 4.69) is 15.3 Å². The number of anilines is 1. The predicted molar refractivity (Wildman–Crippen MR) is 153 cm³/mol. The number of pyridine rings is 2. The molecule has 1 unspecified atom stereocenters. The lowest BCUT2D eigenvalue weighted by molar-refractivity contribution is -0.122. The van der Waals surface area contributed by atoms with Crippen molar-refractivity contribution in [3.8, 4) is 0 Å². The summed E-state index contributed by atoms with van der Waals surface area (Å²) < 4.78 is 0.459. The molecular weight excluding hydrogens is 555 g/mol. The van der Waals surface area contributed by atoms with Gasteiger partial charge in [-0.05, 0) is 72.5 Å². The molecule has 0 saturated carbocycles. The van der Waals surface area contributed by atoms with E-state index in [9.17, 15) is 14.4 Å². The van der Waals surface area contributed by atoms with E-state index in [4.69, 9.17) is 23.2 Å². The molecule has 0 bridgehead atoms. The van der Waals surface area contributed by atoms with Crippen LogP contribution < -0.4 is 5.32 Å². The van der Waals surface area contributed by atoms with Crippen LogP contribution in [0.15, 0.2) is 60.9 Å². The minimum atomic E-state index is -0.719. The van der Waals surface area contributed by atoms with E-state index in [0.29, 0.717) is 31.9 Å². The highest BCUT2D eigenvalue weighted by Gasteiger charge is 2.37. The monoisotopic (exact) mass is 578 g/mol. The Balaban J connectivity index is 1.42. The lowest BCUT2D eigenvalue weighted by Gasteiger charge is -2.29. The summed E-state index contributed by atoms with van der Waals surface area (Å²) in [5, 5.41) is 3.00. The van der Waals surface area contributed by atoms with Gasteiger partial charge in [-0.3, -0.25) is 19.4 Å². The molecule has 1 aliphatic heterocycles. The van der Waals surface area contributed by atoms with Crippen molar-refractivity contribution in [2.24, 2.45) is 0 Å².